The summed E-state index contributed by atoms with van der Waals surface area (Å²) < 4.78 is 52.5. The van der Waals surface area contributed by atoms with Gasteiger partial charge in [0, 0.05) is 26.2 Å². The summed E-state index contributed by atoms with van der Waals surface area (Å²) in [6.07, 6.45) is -0.911. The summed E-state index contributed by atoms with van der Waals surface area (Å²) in [5.41, 5.74) is 0.420. The van der Waals surface area contributed by atoms with Gasteiger partial charge in [0.05, 0.1) is 47.7 Å². The maximum Gasteiger partial charge on any atom is 0.416 e. The van der Waals surface area contributed by atoms with Gasteiger partial charge in [0.2, 0.25) is 0 Å². The Balaban J connectivity index is 2.27. The van der Waals surface area contributed by atoms with Crippen molar-refractivity contribution in [2.45, 2.75) is 19.0 Å². The quantitative estimate of drug-likeness (QED) is 0.456. The van der Waals surface area contributed by atoms with E-state index in [1.165, 1.54) is 32.5 Å². The third kappa shape index (κ3) is 4.24. The Bertz CT molecular complexity index is 1040. The molecule has 6 nitrogen and oxygen atoms in total. The first-order chi connectivity index (χ1) is 13.8. The third-order valence-electron chi connectivity index (χ3n) is 4.62. The lowest BCUT2D eigenvalue weighted by Crippen LogP contribution is -2.12. The molecule has 0 aliphatic rings. The number of ether oxygens (including phenoxy) is 2. The van der Waals surface area contributed by atoms with Crippen LogP contribution < -0.4 is 0 Å². The molecule has 0 aliphatic heterocycles. The average molecular weight is 407 g/mol. The zero-order valence-corrected chi connectivity index (χ0v) is 16.2. The summed E-state index contributed by atoms with van der Waals surface area (Å²) >= 11 is 0. The minimum absolute atomic E-state index is 0.0620. The van der Waals surface area contributed by atoms with Crippen LogP contribution in [0.3, 0.4) is 0 Å². The molecule has 1 aromatic carbocycles. The number of nitrogens with zero attached hydrogens (tertiary/aromatic N) is 3. The first-order valence-corrected chi connectivity index (χ1v) is 8.85. The number of aromatic nitrogens is 3. The Hall–Kier alpha value is -2.94. The number of halogens is 3. The van der Waals surface area contributed by atoms with Crippen LogP contribution in [0.5, 0.6) is 0 Å². The molecule has 2 aromatic heterocycles. The largest absolute Gasteiger partial charge is 0.465 e. The molecule has 0 saturated carbocycles. The fraction of sp³-hybridized carbons (Fsp3) is 0.350. The van der Waals surface area contributed by atoms with Crippen molar-refractivity contribution in [1.29, 1.82) is 0 Å². The zero-order valence-electron chi connectivity index (χ0n) is 16.2. The average Bonchev–Trinajstić information content (AvgIpc) is 3.11. The summed E-state index contributed by atoms with van der Waals surface area (Å²) in [5, 5.41) is 0.309. The first-order valence-electron chi connectivity index (χ1n) is 8.85. The first kappa shape index (κ1) is 20.8. The molecule has 0 saturated heterocycles. The predicted octanol–water partition coefficient (Wildman–Crippen LogP) is 4.02. The number of benzene rings is 1. The number of imidazole rings is 1. The molecule has 0 spiro atoms. The number of hydrogen-bond acceptors (Lipinski definition) is 5. The van der Waals surface area contributed by atoms with Gasteiger partial charge in [-0.1, -0.05) is 0 Å². The van der Waals surface area contributed by atoms with Gasteiger partial charge in [-0.05, 0) is 36.6 Å². The van der Waals surface area contributed by atoms with Crippen LogP contribution in [0.25, 0.3) is 22.3 Å². The maximum atomic E-state index is 13.7. The van der Waals surface area contributed by atoms with Crippen LogP contribution in [0.2, 0.25) is 0 Å². The van der Waals surface area contributed by atoms with Crippen molar-refractivity contribution >= 4 is 16.9 Å². The molecular formula is C20H20F3N3O3. The fourth-order valence-electron chi connectivity index (χ4n) is 3.21. The van der Waals surface area contributed by atoms with Gasteiger partial charge in [0.25, 0.3) is 0 Å². The van der Waals surface area contributed by atoms with Crippen molar-refractivity contribution in [3.05, 3.63) is 47.4 Å². The Morgan fingerprint density at radius 2 is 1.97 bits per heavy atom. The van der Waals surface area contributed by atoms with Crippen molar-refractivity contribution in [3.8, 4) is 11.4 Å². The van der Waals surface area contributed by atoms with Gasteiger partial charge in [-0.25, -0.2) is 14.8 Å². The number of alkyl halides is 3. The van der Waals surface area contributed by atoms with Gasteiger partial charge in [-0.15, -0.1) is 0 Å². The summed E-state index contributed by atoms with van der Waals surface area (Å²) in [6.45, 7) is 0.330. The van der Waals surface area contributed by atoms with Crippen molar-refractivity contribution in [2.75, 3.05) is 20.8 Å². The molecule has 0 radical (unpaired) electrons. The van der Waals surface area contributed by atoms with Crippen molar-refractivity contribution < 1.29 is 27.4 Å². The van der Waals surface area contributed by atoms with Crippen molar-refractivity contribution in [1.82, 2.24) is 14.5 Å². The standard InChI is InChI=1S/C20H20F3N3O3/c1-26-11-24-10-18(26)17-8-14(19(27)29-3)13-7-12(5-4-6-28-2)15(20(21,22)23)9-16(13)25-17/h7-11H,4-6H2,1-3H3. The van der Waals surface area contributed by atoms with E-state index >= 15 is 0 Å². The van der Waals surface area contributed by atoms with E-state index in [0.717, 1.165) is 6.07 Å². The van der Waals surface area contributed by atoms with E-state index in [-0.39, 0.29) is 23.1 Å². The number of pyridine rings is 1. The fourth-order valence-corrected chi connectivity index (χ4v) is 3.21. The second-order valence-electron chi connectivity index (χ2n) is 6.56. The molecule has 3 aromatic rings. The number of carbonyl (C=O) groups is 1. The smallest absolute Gasteiger partial charge is 0.416 e. The van der Waals surface area contributed by atoms with Crippen LogP contribution in [0.4, 0.5) is 13.2 Å². The predicted molar refractivity (Wildman–Crippen MR) is 100 cm³/mol. The van der Waals surface area contributed by atoms with Gasteiger partial charge >= 0.3 is 12.1 Å². The van der Waals surface area contributed by atoms with E-state index in [4.69, 9.17) is 9.47 Å². The van der Waals surface area contributed by atoms with E-state index in [9.17, 15) is 18.0 Å². The highest BCUT2D eigenvalue weighted by Crippen LogP contribution is 2.36. The van der Waals surface area contributed by atoms with Crippen LogP contribution in [0, 0.1) is 0 Å². The number of esters is 1. The molecule has 29 heavy (non-hydrogen) atoms. The molecule has 0 aliphatic carbocycles. The summed E-state index contributed by atoms with van der Waals surface area (Å²) in [6, 6.07) is 3.88. The number of rotatable bonds is 6. The van der Waals surface area contributed by atoms with Gasteiger partial charge in [0.15, 0.2) is 0 Å². The zero-order chi connectivity index (χ0) is 21.2. The van der Waals surface area contributed by atoms with Crippen LogP contribution in [-0.4, -0.2) is 41.3 Å². The minimum Gasteiger partial charge on any atom is -0.465 e. The SMILES string of the molecule is COCCCc1cc2c(C(=O)OC)cc(-c3cncn3C)nc2cc1C(F)(F)F. The lowest BCUT2D eigenvalue weighted by Gasteiger charge is -2.16. The van der Waals surface area contributed by atoms with E-state index in [0.29, 0.717) is 29.8 Å². The Labute approximate surface area is 165 Å². The van der Waals surface area contributed by atoms with Gasteiger partial charge in [-0.2, -0.15) is 13.2 Å². The second-order valence-corrected chi connectivity index (χ2v) is 6.56. The molecule has 154 valence electrons. The third-order valence-corrected chi connectivity index (χ3v) is 4.62. The van der Waals surface area contributed by atoms with Crippen LogP contribution in [-0.2, 0) is 29.1 Å². The monoisotopic (exact) mass is 407 g/mol. The Morgan fingerprint density at radius 1 is 1.21 bits per heavy atom. The van der Waals surface area contributed by atoms with Gasteiger partial charge in [0.1, 0.15) is 0 Å². The molecule has 0 unspecified atom stereocenters. The molecule has 2 heterocycles. The van der Waals surface area contributed by atoms with Crippen LogP contribution >= 0.6 is 0 Å². The molecule has 0 bridgehead atoms. The Kier molecular flexibility index (Phi) is 5.88. The highest BCUT2D eigenvalue weighted by molar-refractivity contribution is 6.05. The molecular weight excluding hydrogens is 387 g/mol. The van der Waals surface area contributed by atoms with Gasteiger partial charge in [-0.3, -0.25) is 0 Å². The van der Waals surface area contributed by atoms with Crippen molar-refractivity contribution in [2.24, 2.45) is 7.05 Å². The molecule has 0 atom stereocenters. The lowest BCUT2D eigenvalue weighted by atomic mass is 9.96. The van der Waals surface area contributed by atoms with Crippen molar-refractivity contribution in [3.63, 3.8) is 0 Å². The minimum atomic E-state index is -4.55. The highest BCUT2D eigenvalue weighted by atomic mass is 19.4. The van der Waals surface area contributed by atoms with E-state index in [1.54, 1.807) is 17.9 Å². The van der Waals surface area contributed by atoms with Gasteiger partial charge < -0.3 is 14.0 Å². The molecule has 0 N–H and O–H groups in total. The molecule has 0 fully saturated rings. The van der Waals surface area contributed by atoms with E-state index < -0.39 is 17.7 Å². The number of methoxy groups -OCH3 is 2. The summed E-state index contributed by atoms with van der Waals surface area (Å²) in [5.74, 6) is -0.650. The number of carbonyl (C=O) groups excluding carboxylic acids is 1. The maximum absolute atomic E-state index is 13.7. The number of aryl methyl sites for hydroxylation is 2. The second kappa shape index (κ2) is 8.20. The van der Waals surface area contributed by atoms with E-state index in [1.807, 2.05) is 0 Å². The molecule has 0 amide bonds. The Morgan fingerprint density at radius 3 is 2.55 bits per heavy atom. The highest BCUT2D eigenvalue weighted by Gasteiger charge is 2.34. The van der Waals surface area contributed by atoms with Crippen LogP contribution in [0.1, 0.15) is 27.9 Å². The summed E-state index contributed by atoms with van der Waals surface area (Å²) in [7, 11) is 4.44. The topological polar surface area (TPSA) is 66.2 Å². The number of hydrogen-bond donors (Lipinski definition) is 0. The number of fused-ring (bicyclic) bond motifs is 1. The molecule has 9 heteroatoms. The lowest BCUT2D eigenvalue weighted by molar-refractivity contribution is -0.138. The van der Waals surface area contributed by atoms with Crippen LogP contribution in [0.15, 0.2) is 30.7 Å². The van der Waals surface area contributed by atoms with E-state index in [2.05, 4.69) is 9.97 Å². The summed E-state index contributed by atoms with van der Waals surface area (Å²) in [4.78, 5) is 20.7. The normalized spacial score (nSPS) is 11.8. The molecule has 3 rings (SSSR count).